The zero-order chi connectivity index (χ0) is 19.4. The van der Waals surface area contributed by atoms with Crippen LogP contribution in [0.5, 0.6) is 5.75 Å². The fourth-order valence-electron chi connectivity index (χ4n) is 2.88. The number of hydrogen-bond donors (Lipinski definition) is 1. The van der Waals surface area contributed by atoms with Crippen LogP contribution in [0.15, 0.2) is 40.6 Å². The van der Waals surface area contributed by atoms with Crippen LogP contribution in [0.4, 0.5) is 4.79 Å². The van der Waals surface area contributed by atoms with Crippen molar-refractivity contribution < 1.29 is 17.9 Å². The van der Waals surface area contributed by atoms with Gasteiger partial charge < -0.3 is 15.0 Å². The van der Waals surface area contributed by atoms with E-state index in [0.717, 1.165) is 16.2 Å². The maximum Gasteiger partial charge on any atom is 0.317 e. The highest BCUT2D eigenvalue weighted by molar-refractivity contribution is 7.91. The van der Waals surface area contributed by atoms with Crippen molar-refractivity contribution in [3.63, 3.8) is 0 Å². The third kappa shape index (κ3) is 4.60. The minimum Gasteiger partial charge on any atom is -0.497 e. The van der Waals surface area contributed by atoms with Crippen LogP contribution in [-0.4, -0.2) is 56.9 Å². The third-order valence-electron chi connectivity index (χ3n) is 4.41. The van der Waals surface area contributed by atoms with E-state index in [4.69, 9.17) is 4.74 Å². The highest BCUT2D eigenvalue weighted by Gasteiger charge is 2.30. The quantitative estimate of drug-likeness (QED) is 0.822. The lowest BCUT2D eigenvalue weighted by Gasteiger charge is -2.33. The first-order valence-corrected chi connectivity index (χ1v) is 10.9. The molecule has 0 unspecified atom stereocenters. The van der Waals surface area contributed by atoms with Crippen molar-refractivity contribution in [1.29, 1.82) is 0 Å². The summed E-state index contributed by atoms with van der Waals surface area (Å²) in [6, 6.07) is 10.8. The Morgan fingerprint density at radius 3 is 2.56 bits per heavy atom. The number of carbonyl (C=O) groups excluding carboxylic acids is 1. The van der Waals surface area contributed by atoms with Gasteiger partial charge in [-0.1, -0.05) is 12.1 Å². The number of aryl methyl sites for hydroxylation is 1. The summed E-state index contributed by atoms with van der Waals surface area (Å²) in [4.78, 5) is 15.0. The van der Waals surface area contributed by atoms with Crippen LogP contribution in [-0.2, 0) is 16.6 Å². The molecule has 27 heavy (non-hydrogen) atoms. The van der Waals surface area contributed by atoms with Gasteiger partial charge in [-0.25, -0.2) is 13.2 Å². The van der Waals surface area contributed by atoms with Crippen molar-refractivity contribution >= 4 is 27.4 Å². The molecule has 2 heterocycles. The van der Waals surface area contributed by atoms with Gasteiger partial charge in [0.1, 0.15) is 9.96 Å². The lowest BCUT2D eigenvalue weighted by molar-refractivity contribution is 0.172. The Labute approximate surface area is 163 Å². The molecule has 1 N–H and O–H groups in total. The average molecular weight is 410 g/mol. The van der Waals surface area contributed by atoms with Crippen LogP contribution in [0.25, 0.3) is 0 Å². The first-order chi connectivity index (χ1) is 12.9. The summed E-state index contributed by atoms with van der Waals surface area (Å²) in [6.45, 7) is 3.61. The number of sulfonamides is 1. The van der Waals surface area contributed by atoms with Gasteiger partial charge in [0.2, 0.25) is 0 Å². The van der Waals surface area contributed by atoms with Gasteiger partial charge in [-0.15, -0.1) is 11.3 Å². The summed E-state index contributed by atoms with van der Waals surface area (Å²) in [7, 11) is -1.87. The molecule has 1 aliphatic heterocycles. The Kier molecular flexibility index (Phi) is 6.03. The molecule has 1 aliphatic rings. The maximum absolute atomic E-state index is 12.7. The van der Waals surface area contributed by atoms with Crippen LogP contribution in [0.3, 0.4) is 0 Å². The number of nitrogens with one attached hydrogen (secondary N) is 1. The molecule has 0 spiro atoms. The Balaban J connectivity index is 1.53. The average Bonchev–Trinajstić information content (AvgIpc) is 3.13. The first kappa shape index (κ1) is 19.7. The SMILES string of the molecule is COc1cccc(CNC(=O)N2CCN(S(=O)(=O)c3ccc(C)s3)CC2)c1. The highest BCUT2D eigenvalue weighted by Crippen LogP contribution is 2.25. The molecule has 1 aromatic heterocycles. The Morgan fingerprint density at radius 1 is 1.19 bits per heavy atom. The van der Waals surface area contributed by atoms with Crippen molar-refractivity contribution in [2.45, 2.75) is 17.7 Å². The summed E-state index contributed by atoms with van der Waals surface area (Å²) in [5, 5.41) is 2.87. The van der Waals surface area contributed by atoms with Crippen LogP contribution in [0.2, 0.25) is 0 Å². The summed E-state index contributed by atoms with van der Waals surface area (Å²) in [5.74, 6) is 0.740. The number of amides is 2. The van der Waals surface area contributed by atoms with E-state index >= 15 is 0 Å². The smallest absolute Gasteiger partial charge is 0.317 e. The molecule has 1 saturated heterocycles. The lowest BCUT2D eigenvalue weighted by Crippen LogP contribution is -2.52. The molecule has 1 aromatic carbocycles. The van der Waals surface area contributed by atoms with Gasteiger partial charge in [0.15, 0.2) is 0 Å². The number of ether oxygens (including phenoxy) is 1. The van der Waals surface area contributed by atoms with Crippen molar-refractivity contribution in [3.05, 3.63) is 46.8 Å². The number of benzene rings is 1. The van der Waals surface area contributed by atoms with Crippen molar-refractivity contribution in [2.75, 3.05) is 33.3 Å². The number of rotatable bonds is 5. The number of methoxy groups -OCH3 is 1. The molecule has 3 rings (SSSR count). The van der Waals surface area contributed by atoms with Gasteiger partial charge in [-0.2, -0.15) is 4.31 Å². The van der Waals surface area contributed by atoms with E-state index in [1.165, 1.54) is 15.6 Å². The first-order valence-electron chi connectivity index (χ1n) is 8.62. The van der Waals surface area contributed by atoms with Gasteiger partial charge in [-0.05, 0) is 36.8 Å². The molecule has 0 bridgehead atoms. The lowest BCUT2D eigenvalue weighted by atomic mass is 10.2. The second kappa shape index (κ2) is 8.28. The predicted octanol–water partition coefficient (Wildman–Crippen LogP) is 2.28. The minimum absolute atomic E-state index is 0.193. The Hall–Kier alpha value is -2.10. The van der Waals surface area contributed by atoms with Crippen LogP contribution < -0.4 is 10.1 Å². The summed E-state index contributed by atoms with van der Waals surface area (Å²) >= 11 is 1.27. The Morgan fingerprint density at radius 2 is 1.93 bits per heavy atom. The standard InChI is InChI=1S/C18H23N3O4S2/c1-14-6-7-17(26-14)27(23,24)21-10-8-20(9-11-21)18(22)19-13-15-4-3-5-16(12-15)25-2/h3-7,12H,8-11,13H2,1-2H3,(H,19,22). The normalized spacial score (nSPS) is 15.6. The van der Waals surface area contributed by atoms with Crippen LogP contribution in [0.1, 0.15) is 10.4 Å². The number of urea groups is 1. The monoisotopic (exact) mass is 409 g/mol. The van der Waals surface area contributed by atoms with Gasteiger partial charge in [0.25, 0.3) is 10.0 Å². The molecular weight excluding hydrogens is 386 g/mol. The summed E-state index contributed by atoms with van der Waals surface area (Å²) < 4.78 is 32.3. The number of thiophene rings is 1. The van der Waals surface area contributed by atoms with Gasteiger partial charge >= 0.3 is 6.03 Å². The molecule has 2 amide bonds. The predicted molar refractivity (Wildman–Crippen MR) is 105 cm³/mol. The van der Waals surface area contributed by atoms with Gasteiger partial charge in [0, 0.05) is 37.6 Å². The maximum atomic E-state index is 12.7. The largest absolute Gasteiger partial charge is 0.497 e. The van der Waals surface area contributed by atoms with E-state index in [1.807, 2.05) is 31.2 Å². The molecule has 7 nitrogen and oxygen atoms in total. The second-order valence-corrected chi connectivity index (χ2v) is 9.72. The molecule has 0 radical (unpaired) electrons. The zero-order valence-corrected chi connectivity index (χ0v) is 17.0. The number of carbonyl (C=O) groups is 1. The van der Waals surface area contributed by atoms with E-state index in [2.05, 4.69) is 5.32 Å². The summed E-state index contributed by atoms with van der Waals surface area (Å²) in [5.41, 5.74) is 0.942. The Bertz CT molecular complexity index is 903. The van der Waals surface area contributed by atoms with Crippen LogP contribution in [0, 0.1) is 6.92 Å². The number of nitrogens with zero attached hydrogens (tertiary/aromatic N) is 2. The fraction of sp³-hybridized carbons (Fsp3) is 0.389. The van der Waals surface area contributed by atoms with Crippen molar-refractivity contribution in [3.8, 4) is 5.75 Å². The molecule has 9 heteroatoms. The number of piperazine rings is 1. The molecule has 1 fully saturated rings. The molecule has 2 aromatic rings. The zero-order valence-electron chi connectivity index (χ0n) is 15.3. The van der Waals surface area contributed by atoms with E-state index in [9.17, 15) is 13.2 Å². The van der Waals surface area contributed by atoms with E-state index < -0.39 is 10.0 Å². The van der Waals surface area contributed by atoms with Crippen molar-refractivity contribution in [2.24, 2.45) is 0 Å². The van der Waals surface area contributed by atoms with E-state index in [1.54, 1.807) is 24.1 Å². The van der Waals surface area contributed by atoms with Crippen molar-refractivity contribution in [1.82, 2.24) is 14.5 Å². The van der Waals surface area contributed by atoms with E-state index in [-0.39, 0.29) is 6.03 Å². The van der Waals surface area contributed by atoms with E-state index in [0.29, 0.717) is 36.9 Å². The molecule has 0 saturated carbocycles. The van der Waals surface area contributed by atoms with Gasteiger partial charge in [0.05, 0.1) is 7.11 Å². The summed E-state index contributed by atoms with van der Waals surface area (Å²) in [6.07, 6.45) is 0. The molecule has 0 atom stereocenters. The number of hydrogen-bond acceptors (Lipinski definition) is 5. The highest BCUT2D eigenvalue weighted by atomic mass is 32.2. The minimum atomic E-state index is -3.47. The molecule has 0 aliphatic carbocycles. The topological polar surface area (TPSA) is 79.0 Å². The van der Waals surface area contributed by atoms with Crippen LogP contribution >= 0.6 is 11.3 Å². The fourth-order valence-corrected chi connectivity index (χ4v) is 5.74. The van der Waals surface area contributed by atoms with Gasteiger partial charge in [-0.3, -0.25) is 0 Å². The third-order valence-corrected chi connectivity index (χ3v) is 7.78. The molecular formula is C18H23N3O4S2. The molecule has 146 valence electrons. The second-order valence-electron chi connectivity index (χ2n) is 6.27.